The van der Waals surface area contributed by atoms with Crippen molar-refractivity contribution in [3.05, 3.63) is 33.4 Å². The van der Waals surface area contributed by atoms with Crippen molar-refractivity contribution in [3.8, 4) is 5.88 Å². The average molecular weight is 608 g/mol. The van der Waals surface area contributed by atoms with Crippen LogP contribution in [0.3, 0.4) is 0 Å². The Morgan fingerprint density at radius 3 is 2.26 bits per heavy atom. The SMILES string of the molecule is CC(=O)OCCOc1noc(N(C(=O)OCC(C)C)S(=O)(=O)c2ccc(C(C)(C)C)cc2)c1I. The number of amides is 1. The first-order valence-corrected chi connectivity index (χ1v) is 13.0. The number of anilines is 1. The predicted octanol–water partition coefficient (Wildman–Crippen LogP) is 4.51. The molecule has 0 bridgehead atoms. The molecular formula is C22H29IN2O8S. The van der Waals surface area contributed by atoms with Crippen molar-refractivity contribution in [2.45, 2.75) is 51.9 Å². The molecule has 0 N–H and O–H groups in total. The third kappa shape index (κ3) is 7.08. The van der Waals surface area contributed by atoms with Gasteiger partial charge >= 0.3 is 12.1 Å². The van der Waals surface area contributed by atoms with Crippen LogP contribution in [0.4, 0.5) is 10.7 Å². The van der Waals surface area contributed by atoms with Gasteiger partial charge in [0.2, 0.25) is 0 Å². The molecule has 0 unspecified atom stereocenters. The van der Waals surface area contributed by atoms with Crippen molar-refractivity contribution in [2.75, 3.05) is 24.1 Å². The largest absolute Gasteiger partial charge is 0.471 e. The number of ether oxygens (including phenoxy) is 3. The number of carbonyl (C=O) groups is 2. The number of aromatic nitrogens is 1. The summed E-state index contributed by atoms with van der Waals surface area (Å²) in [5.41, 5.74) is 0.745. The van der Waals surface area contributed by atoms with Crippen LogP contribution in [0.15, 0.2) is 33.7 Å². The maximum absolute atomic E-state index is 13.5. The van der Waals surface area contributed by atoms with E-state index in [9.17, 15) is 18.0 Å². The first-order chi connectivity index (χ1) is 15.7. The molecule has 0 spiro atoms. The highest BCUT2D eigenvalue weighted by Gasteiger charge is 2.38. The number of esters is 1. The lowest BCUT2D eigenvalue weighted by Crippen LogP contribution is -2.38. The Bertz CT molecular complexity index is 1100. The molecule has 0 fully saturated rings. The quantitative estimate of drug-likeness (QED) is 0.230. The summed E-state index contributed by atoms with van der Waals surface area (Å²) in [7, 11) is -4.41. The summed E-state index contributed by atoms with van der Waals surface area (Å²) in [6, 6.07) is 6.25. The lowest BCUT2D eigenvalue weighted by molar-refractivity contribution is -0.141. The molecule has 0 atom stereocenters. The molecule has 188 valence electrons. The highest BCUT2D eigenvalue weighted by Crippen LogP contribution is 2.35. The Hall–Kier alpha value is -2.35. The minimum atomic E-state index is -4.41. The Morgan fingerprint density at radius 2 is 1.74 bits per heavy atom. The summed E-state index contributed by atoms with van der Waals surface area (Å²) in [4.78, 5) is 23.7. The lowest BCUT2D eigenvalue weighted by Gasteiger charge is -2.22. The van der Waals surface area contributed by atoms with E-state index in [-0.39, 0.29) is 51.4 Å². The molecule has 10 nitrogen and oxygen atoms in total. The number of benzene rings is 1. The van der Waals surface area contributed by atoms with Gasteiger partial charge in [0.1, 0.15) is 16.8 Å². The molecule has 0 aliphatic rings. The van der Waals surface area contributed by atoms with Crippen LogP contribution in [0.1, 0.15) is 47.1 Å². The van der Waals surface area contributed by atoms with Crippen molar-refractivity contribution in [2.24, 2.45) is 5.92 Å². The summed E-state index contributed by atoms with van der Waals surface area (Å²) >= 11 is 1.76. The van der Waals surface area contributed by atoms with Crippen molar-refractivity contribution in [1.82, 2.24) is 5.16 Å². The van der Waals surface area contributed by atoms with Gasteiger partial charge in [0, 0.05) is 6.92 Å². The fourth-order valence-corrected chi connectivity index (χ4v) is 4.66. The number of nitrogens with zero attached hydrogens (tertiary/aromatic N) is 2. The monoisotopic (exact) mass is 608 g/mol. The Morgan fingerprint density at radius 1 is 1.12 bits per heavy atom. The highest BCUT2D eigenvalue weighted by atomic mass is 127. The fraction of sp³-hybridized carbons (Fsp3) is 0.500. The molecule has 1 aromatic carbocycles. The van der Waals surface area contributed by atoms with Gasteiger partial charge in [0.15, 0.2) is 0 Å². The molecule has 0 aliphatic heterocycles. The number of carbonyl (C=O) groups excluding carboxylic acids is 2. The van der Waals surface area contributed by atoms with Crippen LogP contribution in [-0.2, 0) is 29.7 Å². The molecule has 1 aromatic heterocycles. The van der Waals surface area contributed by atoms with Crippen molar-refractivity contribution >= 4 is 50.6 Å². The third-order valence-electron chi connectivity index (χ3n) is 4.37. The standard InChI is InChI=1S/C22H29IN2O8S/c1-14(2)13-32-21(27)25(20-18(23)19(24-33-20)31-12-11-30-15(3)26)34(28,29)17-9-7-16(8-10-17)22(4,5)6/h7-10,14H,11-13H2,1-6H3. The minimum absolute atomic E-state index is 0.00424. The molecular weight excluding hydrogens is 579 g/mol. The molecule has 0 saturated carbocycles. The van der Waals surface area contributed by atoms with Gasteiger partial charge in [0.05, 0.1) is 11.5 Å². The van der Waals surface area contributed by atoms with Gasteiger partial charge in [0.25, 0.3) is 21.8 Å². The number of halogens is 1. The van der Waals surface area contributed by atoms with Gasteiger partial charge in [-0.05, 0) is 56.8 Å². The smallest absolute Gasteiger partial charge is 0.431 e. The van der Waals surface area contributed by atoms with Crippen molar-refractivity contribution in [3.63, 3.8) is 0 Å². The zero-order valence-electron chi connectivity index (χ0n) is 20.0. The number of hydrogen-bond donors (Lipinski definition) is 0. The molecule has 0 radical (unpaired) electrons. The predicted molar refractivity (Wildman–Crippen MR) is 132 cm³/mol. The van der Waals surface area contributed by atoms with Crippen LogP contribution < -0.4 is 9.04 Å². The van der Waals surface area contributed by atoms with Crippen LogP contribution in [0, 0.1) is 9.49 Å². The van der Waals surface area contributed by atoms with Crippen LogP contribution in [0.2, 0.25) is 0 Å². The van der Waals surface area contributed by atoms with E-state index in [2.05, 4.69) is 5.16 Å². The Balaban J connectivity index is 2.42. The summed E-state index contributed by atoms with van der Waals surface area (Å²) in [6.45, 7) is 10.9. The van der Waals surface area contributed by atoms with E-state index < -0.39 is 22.1 Å². The van der Waals surface area contributed by atoms with E-state index in [4.69, 9.17) is 18.7 Å². The molecule has 1 heterocycles. The number of rotatable bonds is 9. The van der Waals surface area contributed by atoms with Gasteiger partial charge in [-0.2, -0.15) is 0 Å². The lowest BCUT2D eigenvalue weighted by atomic mass is 9.87. The topological polar surface area (TPSA) is 125 Å². The van der Waals surface area contributed by atoms with Crippen LogP contribution >= 0.6 is 22.6 Å². The number of sulfonamides is 1. The molecule has 12 heteroatoms. The summed E-state index contributed by atoms with van der Waals surface area (Å²) in [5.74, 6) is -0.908. The zero-order chi connectivity index (χ0) is 25.7. The molecule has 2 aromatic rings. The summed E-state index contributed by atoms with van der Waals surface area (Å²) < 4.78 is 48.2. The molecule has 0 aliphatic carbocycles. The highest BCUT2D eigenvalue weighted by molar-refractivity contribution is 14.1. The second-order valence-electron chi connectivity index (χ2n) is 8.81. The maximum Gasteiger partial charge on any atom is 0.431 e. The van der Waals surface area contributed by atoms with Crippen molar-refractivity contribution in [1.29, 1.82) is 0 Å². The van der Waals surface area contributed by atoms with E-state index >= 15 is 0 Å². The van der Waals surface area contributed by atoms with Gasteiger partial charge in [-0.25, -0.2) is 13.2 Å². The molecule has 34 heavy (non-hydrogen) atoms. The second-order valence-corrected chi connectivity index (χ2v) is 11.7. The van der Waals surface area contributed by atoms with Gasteiger partial charge < -0.3 is 18.7 Å². The minimum Gasteiger partial charge on any atom is -0.471 e. The third-order valence-corrected chi connectivity index (χ3v) is 6.95. The number of hydrogen-bond acceptors (Lipinski definition) is 9. The van der Waals surface area contributed by atoms with Gasteiger partial charge in [-0.1, -0.05) is 46.8 Å². The van der Waals surface area contributed by atoms with Crippen LogP contribution in [0.5, 0.6) is 5.88 Å². The first-order valence-electron chi connectivity index (χ1n) is 10.5. The average Bonchev–Trinajstić information content (AvgIpc) is 3.09. The molecule has 1 amide bonds. The molecule has 0 saturated heterocycles. The van der Waals surface area contributed by atoms with E-state index in [0.717, 1.165) is 5.56 Å². The fourth-order valence-electron chi connectivity index (χ4n) is 2.62. The Labute approximate surface area is 213 Å². The van der Waals surface area contributed by atoms with Crippen LogP contribution in [0.25, 0.3) is 0 Å². The van der Waals surface area contributed by atoms with Crippen molar-refractivity contribution < 1.29 is 36.7 Å². The zero-order valence-corrected chi connectivity index (χ0v) is 22.9. The van der Waals surface area contributed by atoms with E-state index in [0.29, 0.717) is 4.31 Å². The maximum atomic E-state index is 13.5. The molecule has 2 rings (SSSR count). The van der Waals surface area contributed by atoms with E-state index in [1.165, 1.54) is 19.1 Å². The van der Waals surface area contributed by atoms with Gasteiger partial charge in [-0.3, -0.25) is 4.79 Å². The second kappa shape index (κ2) is 11.4. The summed E-state index contributed by atoms with van der Waals surface area (Å²) in [5, 5.41) is 3.73. The summed E-state index contributed by atoms with van der Waals surface area (Å²) in [6.07, 6.45) is -1.13. The van der Waals surface area contributed by atoms with E-state index in [1.807, 2.05) is 34.6 Å². The van der Waals surface area contributed by atoms with Gasteiger partial charge in [-0.15, -0.1) is 4.31 Å². The first kappa shape index (κ1) is 27.9. The normalized spacial score (nSPS) is 11.9. The van der Waals surface area contributed by atoms with Crippen LogP contribution in [-0.4, -0.2) is 45.5 Å². The Kier molecular flexibility index (Phi) is 9.34. The van der Waals surface area contributed by atoms with E-state index in [1.54, 1.807) is 34.7 Å².